The average molecular weight is 725 g/mol. The molecule has 3 aromatic carbocycles. The van der Waals surface area contributed by atoms with E-state index in [0.717, 1.165) is 68.5 Å². The van der Waals surface area contributed by atoms with Gasteiger partial charge in [0.2, 0.25) is 0 Å². The van der Waals surface area contributed by atoms with Gasteiger partial charge in [-0.15, -0.1) is 0 Å². The van der Waals surface area contributed by atoms with Gasteiger partial charge in [-0.2, -0.15) is 0 Å². The molecule has 1 aliphatic heterocycles. The Kier molecular flexibility index (Phi) is 10.9. The van der Waals surface area contributed by atoms with Crippen LogP contribution >= 0.6 is 11.6 Å². The molecule has 9 nitrogen and oxygen atoms in total. The smallest absolute Gasteiger partial charge is 0.337 e. The maximum atomic E-state index is 14.6. The van der Waals surface area contributed by atoms with Gasteiger partial charge in [0, 0.05) is 57.4 Å². The lowest BCUT2D eigenvalue weighted by Crippen LogP contribution is -2.48. The fourth-order valence-electron chi connectivity index (χ4n) is 7.68. The first kappa shape index (κ1) is 36.0. The fraction of sp³-hybridized carbons (Fsp3) is 0.390. The van der Waals surface area contributed by atoms with Crippen LogP contribution in [0.2, 0.25) is 5.02 Å². The lowest BCUT2D eigenvalue weighted by molar-refractivity contribution is 0.104. The number of piperazine rings is 1. The molecule has 1 N–H and O–H groups in total. The summed E-state index contributed by atoms with van der Waals surface area (Å²) in [4.78, 5) is 37.5. The third-order valence-corrected chi connectivity index (χ3v) is 11.0. The molecule has 7 rings (SSSR count). The van der Waals surface area contributed by atoms with E-state index >= 15 is 0 Å². The average Bonchev–Trinajstić information content (AvgIpc) is 3.15. The summed E-state index contributed by atoms with van der Waals surface area (Å²) in [5.41, 5.74) is 3.99. The minimum atomic E-state index is -0.622. The van der Waals surface area contributed by atoms with Gasteiger partial charge >= 0.3 is 5.69 Å². The van der Waals surface area contributed by atoms with Crippen LogP contribution in [0.4, 0.5) is 4.39 Å². The molecule has 0 radical (unpaired) electrons. The number of hydrogen-bond donors (Lipinski definition) is 1. The van der Waals surface area contributed by atoms with Gasteiger partial charge in [0.15, 0.2) is 5.65 Å². The lowest BCUT2D eigenvalue weighted by Gasteiger charge is -2.36. The Morgan fingerprint density at radius 2 is 1.63 bits per heavy atom. The van der Waals surface area contributed by atoms with E-state index in [0.29, 0.717) is 41.9 Å². The van der Waals surface area contributed by atoms with Crippen molar-refractivity contribution >= 4 is 22.6 Å². The van der Waals surface area contributed by atoms with Crippen molar-refractivity contribution in [3.05, 3.63) is 122 Å². The molecule has 11 heteroatoms. The fourth-order valence-corrected chi connectivity index (χ4v) is 7.96. The van der Waals surface area contributed by atoms with Crippen molar-refractivity contribution in [3.8, 4) is 22.6 Å². The molecule has 1 saturated heterocycles. The standard InChI is InChI=1S/C41H46ClFN6O3/c1-27(2)47-19-17-46(18-20-47)26-28-7-10-30(11-8-28)31-5-4-6-35(22-31)48-39-36(23-32(43)25-45-39)40(50)49(41(48)51)34-14-12-33(13-15-34)44-24-29-9-16-38(52-3)37(42)21-29/h4-11,16,21-23,25,27,33-34,44H,12-15,17-20,24,26H2,1-3H3/t33-,34+. The van der Waals surface area contributed by atoms with E-state index in [2.05, 4.69) is 58.2 Å². The second-order valence-electron chi connectivity index (χ2n) is 14.3. The van der Waals surface area contributed by atoms with Crippen molar-refractivity contribution in [3.63, 3.8) is 0 Å². The zero-order chi connectivity index (χ0) is 36.4. The summed E-state index contributed by atoms with van der Waals surface area (Å²) in [7, 11) is 1.59. The summed E-state index contributed by atoms with van der Waals surface area (Å²) in [6.07, 6.45) is 3.87. The lowest BCUT2D eigenvalue weighted by atomic mass is 9.90. The first-order valence-electron chi connectivity index (χ1n) is 18.2. The minimum Gasteiger partial charge on any atom is -0.495 e. The number of hydrogen-bond acceptors (Lipinski definition) is 7. The van der Waals surface area contributed by atoms with Crippen molar-refractivity contribution in [2.24, 2.45) is 0 Å². The van der Waals surface area contributed by atoms with Gasteiger partial charge in [0.1, 0.15) is 11.6 Å². The Balaban J connectivity index is 1.11. The summed E-state index contributed by atoms with van der Waals surface area (Å²) in [5, 5.41) is 4.24. The van der Waals surface area contributed by atoms with E-state index in [9.17, 15) is 14.0 Å². The number of rotatable bonds is 10. The Hall–Kier alpha value is -4.35. The first-order chi connectivity index (χ1) is 25.2. The van der Waals surface area contributed by atoms with Gasteiger partial charge in [-0.1, -0.05) is 54.1 Å². The van der Waals surface area contributed by atoms with Crippen molar-refractivity contribution in [1.29, 1.82) is 0 Å². The zero-order valence-corrected chi connectivity index (χ0v) is 30.8. The van der Waals surface area contributed by atoms with E-state index in [4.69, 9.17) is 16.3 Å². The highest BCUT2D eigenvalue weighted by Crippen LogP contribution is 2.30. The van der Waals surface area contributed by atoms with Crippen molar-refractivity contribution < 1.29 is 9.13 Å². The van der Waals surface area contributed by atoms with Crippen LogP contribution in [-0.4, -0.2) is 69.3 Å². The van der Waals surface area contributed by atoms with Crippen LogP contribution in [0.3, 0.4) is 0 Å². The molecule has 3 heterocycles. The van der Waals surface area contributed by atoms with Crippen molar-refractivity contribution in [1.82, 2.24) is 29.2 Å². The van der Waals surface area contributed by atoms with Gasteiger partial charge < -0.3 is 10.1 Å². The molecule has 0 spiro atoms. The normalized spacial score (nSPS) is 18.7. The summed E-state index contributed by atoms with van der Waals surface area (Å²) >= 11 is 6.31. The molecule has 0 unspecified atom stereocenters. The Labute approximate surface area is 308 Å². The number of halogens is 2. The second-order valence-corrected chi connectivity index (χ2v) is 14.7. The quantitative estimate of drug-likeness (QED) is 0.169. The van der Waals surface area contributed by atoms with Crippen LogP contribution in [0.1, 0.15) is 56.7 Å². The topological polar surface area (TPSA) is 84.6 Å². The van der Waals surface area contributed by atoms with Crippen molar-refractivity contribution in [2.75, 3.05) is 33.3 Å². The summed E-state index contributed by atoms with van der Waals surface area (Å²) in [6, 6.07) is 23.6. The second kappa shape index (κ2) is 15.7. The predicted octanol–water partition coefficient (Wildman–Crippen LogP) is 6.82. The molecular weight excluding hydrogens is 679 g/mol. The molecule has 0 atom stereocenters. The number of aromatic nitrogens is 3. The minimum absolute atomic E-state index is 0.0835. The number of methoxy groups -OCH3 is 1. The maximum absolute atomic E-state index is 14.6. The molecule has 2 aromatic heterocycles. The highest BCUT2D eigenvalue weighted by molar-refractivity contribution is 6.32. The van der Waals surface area contributed by atoms with Gasteiger partial charge in [-0.05, 0) is 92.1 Å². The Morgan fingerprint density at radius 3 is 2.33 bits per heavy atom. The molecule has 1 aliphatic carbocycles. The van der Waals surface area contributed by atoms with Crippen LogP contribution in [0, 0.1) is 5.82 Å². The molecule has 2 fully saturated rings. The van der Waals surface area contributed by atoms with E-state index in [-0.39, 0.29) is 23.1 Å². The Morgan fingerprint density at radius 1 is 0.904 bits per heavy atom. The number of pyridine rings is 1. The van der Waals surface area contributed by atoms with E-state index < -0.39 is 17.1 Å². The summed E-state index contributed by atoms with van der Waals surface area (Å²) in [5.74, 6) is 0.0126. The molecule has 0 bridgehead atoms. The number of nitrogens with zero attached hydrogens (tertiary/aromatic N) is 5. The largest absolute Gasteiger partial charge is 0.495 e. The van der Waals surface area contributed by atoms with Crippen LogP contribution in [0.25, 0.3) is 27.8 Å². The number of nitrogens with one attached hydrogen (secondary N) is 1. The van der Waals surface area contributed by atoms with E-state index in [1.165, 1.54) is 20.8 Å². The third kappa shape index (κ3) is 7.71. The maximum Gasteiger partial charge on any atom is 0.337 e. The SMILES string of the molecule is COc1ccc(CN[C@H]2CC[C@@H](n3c(=O)c4cc(F)cnc4n(-c4cccc(-c5ccc(CN6CCN(C(C)C)CC6)cc5)c4)c3=O)CC2)cc1Cl. The van der Waals surface area contributed by atoms with Crippen LogP contribution in [-0.2, 0) is 13.1 Å². The number of ether oxygens (including phenoxy) is 1. The summed E-state index contributed by atoms with van der Waals surface area (Å²) < 4.78 is 22.6. The van der Waals surface area contributed by atoms with Gasteiger partial charge in [0.05, 0.1) is 29.4 Å². The molecule has 52 heavy (non-hydrogen) atoms. The Bertz CT molecular complexity index is 2150. The number of benzene rings is 3. The van der Waals surface area contributed by atoms with Gasteiger partial charge in [-0.3, -0.25) is 19.2 Å². The zero-order valence-electron chi connectivity index (χ0n) is 30.0. The van der Waals surface area contributed by atoms with E-state index in [1.54, 1.807) is 7.11 Å². The molecule has 0 amide bonds. The van der Waals surface area contributed by atoms with Gasteiger partial charge in [0.25, 0.3) is 5.56 Å². The monoisotopic (exact) mass is 724 g/mol. The highest BCUT2D eigenvalue weighted by Gasteiger charge is 2.27. The highest BCUT2D eigenvalue weighted by atomic mass is 35.5. The van der Waals surface area contributed by atoms with Crippen LogP contribution < -0.4 is 21.3 Å². The molecular formula is C41H46ClFN6O3. The van der Waals surface area contributed by atoms with Crippen LogP contribution in [0.5, 0.6) is 5.75 Å². The first-order valence-corrected chi connectivity index (χ1v) is 18.6. The third-order valence-electron chi connectivity index (χ3n) is 10.7. The van der Waals surface area contributed by atoms with Crippen LogP contribution in [0.15, 0.2) is 88.6 Å². The number of fused-ring (bicyclic) bond motifs is 1. The predicted molar refractivity (Wildman–Crippen MR) is 205 cm³/mol. The van der Waals surface area contributed by atoms with Crippen molar-refractivity contribution in [2.45, 2.75) is 70.7 Å². The van der Waals surface area contributed by atoms with Gasteiger partial charge in [-0.25, -0.2) is 18.7 Å². The molecule has 1 saturated carbocycles. The molecule has 5 aromatic rings. The molecule has 2 aliphatic rings. The molecule has 272 valence electrons. The van der Waals surface area contributed by atoms with E-state index in [1.807, 2.05) is 42.5 Å². The summed E-state index contributed by atoms with van der Waals surface area (Å²) in [6.45, 7) is 10.4.